The van der Waals surface area contributed by atoms with Crippen molar-refractivity contribution in [1.82, 2.24) is 9.88 Å². The van der Waals surface area contributed by atoms with Gasteiger partial charge in [0.25, 0.3) is 5.91 Å². The fourth-order valence-corrected chi connectivity index (χ4v) is 2.18. The molecule has 1 fully saturated rings. The summed E-state index contributed by atoms with van der Waals surface area (Å²) >= 11 is 1.42. The van der Waals surface area contributed by atoms with Crippen LogP contribution in [0.1, 0.15) is 17.4 Å². The van der Waals surface area contributed by atoms with Crippen LogP contribution in [0.4, 0.5) is 0 Å². The van der Waals surface area contributed by atoms with E-state index in [1.807, 2.05) is 6.92 Å². The summed E-state index contributed by atoms with van der Waals surface area (Å²) in [6.45, 7) is 3.59. The topological polar surface area (TPSA) is 68.5 Å². The van der Waals surface area contributed by atoms with Crippen molar-refractivity contribution in [3.63, 3.8) is 0 Å². The molecule has 2 N–H and O–H groups in total. The highest BCUT2D eigenvalue weighted by molar-refractivity contribution is 7.07. The molecule has 1 aliphatic heterocycles. The van der Waals surface area contributed by atoms with Gasteiger partial charge in [-0.3, -0.25) is 4.79 Å². The normalized spacial score (nSPS) is 23.1. The maximum atomic E-state index is 12.0. The highest BCUT2D eigenvalue weighted by Gasteiger charge is 2.27. The summed E-state index contributed by atoms with van der Waals surface area (Å²) in [5.74, 6) is -0.0322. The first kappa shape index (κ1) is 11.5. The van der Waals surface area contributed by atoms with Crippen LogP contribution in [0.2, 0.25) is 0 Å². The Hall–Kier alpha value is -0.980. The largest absolute Gasteiger partial charge is 0.373 e. The first-order valence-corrected chi connectivity index (χ1v) is 6.17. The molecular formula is C10H15N3O2S. The van der Waals surface area contributed by atoms with Gasteiger partial charge in [0, 0.05) is 24.5 Å². The zero-order valence-electron chi connectivity index (χ0n) is 9.13. The zero-order valence-corrected chi connectivity index (χ0v) is 9.94. The number of ether oxygens (including phenoxy) is 1. The Morgan fingerprint density at radius 1 is 1.81 bits per heavy atom. The fourth-order valence-electron chi connectivity index (χ4n) is 1.66. The summed E-state index contributed by atoms with van der Waals surface area (Å²) in [5, 5.41) is 1.76. The van der Waals surface area contributed by atoms with Crippen molar-refractivity contribution in [2.45, 2.75) is 19.1 Å². The van der Waals surface area contributed by atoms with Gasteiger partial charge in [-0.05, 0) is 6.92 Å². The van der Waals surface area contributed by atoms with Crippen molar-refractivity contribution < 1.29 is 9.53 Å². The van der Waals surface area contributed by atoms with E-state index >= 15 is 0 Å². The van der Waals surface area contributed by atoms with Gasteiger partial charge in [0.1, 0.15) is 5.69 Å². The number of nitrogens with two attached hydrogens (primary N) is 1. The Bertz CT molecular complexity index is 353. The second-order valence-corrected chi connectivity index (χ2v) is 4.61. The maximum absolute atomic E-state index is 12.0. The Labute approximate surface area is 98.2 Å². The van der Waals surface area contributed by atoms with E-state index in [1.165, 1.54) is 11.3 Å². The van der Waals surface area contributed by atoms with Gasteiger partial charge in [0.05, 0.1) is 18.2 Å². The fraction of sp³-hybridized carbons (Fsp3) is 0.600. The zero-order chi connectivity index (χ0) is 11.5. The maximum Gasteiger partial charge on any atom is 0.273 e. The molecule has 1 aromatic heterocycles. The molecule has 1 amide bonds. The number of morpholine rings is 1. The third kappa shape index (κ3) is 2.40. The van der Waals surface area contributed by atoms with E-state index in [1.54, 1.807) is 15.8 Å². The molecule has 6 heteroatoms. The average molecular weight is 241 g/mol. The van der Waals surface area contributed by atoms with Crippen LogP contribution >= 0.6 is 11.3 Å². The van der Waals surface area contributed by atoms with Crippen LogP contribution in [-0.4, -0.2) is 47.6 Å². The molecule has 0 bridgehead atoms. The molecule has 1 saturated heterocycles. The van der Waals surface area contributed by atoms with Crippen molar-refractivity contribution in [2.75, 3.05) is 19.7 Å². The summed E-state index contributed by atoms with van der Waals surface area (Å²) < 4.78 is 5.50. The van der Waals surface area contributed by atoms with E-state index in [0.29, 0.717) is 25.4 Å². The third-order valence-electron chi connectivity index (χ3n) is 2.62. The lowest BCUT2D eigenvalue weighted by Crippen LogP contribution is -2.51. The summed E-state index contributed by atoms with van der Waals surface area (Å²) in [5.41, 5.74) is 7.94. The third-order valence-corrected chi connectivity index (χ3v) is 3.21. The lowest BCUT2D eigenvalue weighted by atomic mass is 10.1. The summed E-state index contributed by atoms with van der Waals surface area (Å²) in [4.78, 5) is 17.8. The minimum absolute atomic E-state index is 0.0322. The molecule has 1 aromatic rings. The number of rotatable bonds is 2. The van der Waals surface area contributed by atoms with Gasteiger partial charge in [-0.25, -0.2) is 4.98 Å². The van der Waals surface area contributed by atoms with Gasteiger partial charge < -0.3 is 15.4 Å². The number of carbonyl (C=O) groups is 1. The minimum Gasteiger partial charge on any atom is -0.373 e. The van der Waals surface area contributed by atoms with Crippen molar-refractivity contribution in [2.24, 2.45) is 5.73 Å². The Morgan fingerprint density at radius 3 is 3.25 bits per heavy atom. The molecule has 0 radical (unpaired) electrons. The molecule has 5 nitrogen and oxygen atoms in total. The predicted molar refractivity (Wildman–Crippen MR) is 61.4 cm³/mol. The summed E-state index contributed by atoms with van der Waals surface area (Å²) in [6.07, 6.45) is -0.0728. The highest BCUT2D eigenvalue weighted by atomic mass is 32.1. The molecule has 0 spiro atoms. The Balaban J connectivity index is 2.02. The molecule has 2 rings (SSSR count). The second-order valence-electron chi connectivity index (χ2n) is 3.89. The first-order chi connectivity index (χ1) is 7.68. The Kier molecular flexibility index (Phi) is 3.52. The number of hydrogen-bond donors (Lipinski definition) is 1. The van der Waals surface area contributed by atoms with Gasteiger partial charge in [-0.15, -0.1) is 11.3 Å². The molecule has 2 heterocycles. The predicted octanol–water partition coefficient (Wildman–Crippen LogP) is 0.331. The van der Waals surface area contributed by atoms with Crippen molar-refractivity contribution >= 4 is 17.2 Å². The van der Waals surface area contributed by atoms with Crippen LogP contribution < -0.4 is 5.73 Å². The number of hydrogen-bond acceptors (Lipinski definition) is 5. The van der Waals surface area contributed by atoms with Crippen LogP contribution in [0.25, 0.3) is 0 Å². The van der Waals surface area contributed by atoms with Crippen molar-refractivity contribution in [3.05, 3.63) is 16.6 Å². The van der Waals surface area contributed by atoms with Crippen LogP contribution in [0.3, 0.4) is 0 Å². The molecular weight excluding hydrogens is 226 g/mol. The number of amides is 1. The molecule has 88 valence electrons. The van der Waals surface area contributed by atoms with Crippen LogP contribution in [0.15, 0.2) is 10.9 Å². The van der Waals surface area contributed by atoms with E-state index in [0.717, 1.165) is 0 Å². The smallest absolute Gasteiger partial charge is 0.273 e. The lowest BCUT2D eigenvalue weighted by Gasteiger charge is -2.34. The van der Waals surface area contributed by atoms with E-state index in [-0.39, 0.29) is 18.1 Å². The molecule has 0 saturated carbocycles. The quantitative estimate of drug-likeness (QED) is 0.810. The molecule has 16 heavy (non-hydrogen) atoms. The van der Waals surface area contributed by atoms with Gasteiger partial charge in [0.2, 0.25) is 0 Å². The van der Waals surface area contributed by atoms with E-state index < -0.39 is 0 Å². The highest BCUT2D eigenvalue weighted by Crippen LogP contribution is 2.12. The standard InChI is InChI=1S/C10H15N3O2S/c1-7(11)9-4-13(2-3-15-9)10(14)8-5-16-6-12-8/h5-7,9H,2-4,11H2,1H3. The average Bonchev–Trinajstić information content (AvgIpc) is 2.81. The molecule has 1 aliphatic rings. The molecule has 0 aromatic carbocycles. The molecule has 2 unspecified atom stereocenters. The number of nitrogens with zero attached hydrogens (tertiary/aromatic N) is 2. The van der Waals surface area contributed by atoms with Gasteiger partial charge in [-0.2, -0.15) is 0 Å². The van der Waals surface area contributed by atoms with E-state index in [4.69, 9.17) is 10.5 Å². The molecule has 0 aliphatic carbocycles. The number of carbonyl (C=O) groups excluding carboxylic acids is 1. The van der Waals surface area contributed by atoms with Gasteiger partial charge >= 0.3 is 0 Å². The SMILES string of the molecule is CC(N)C1CN(C(=O)c2cscn2)CCO1. The Morgan fingerprint density at radius 2 is 2.62 bits per heavy atom. The minimum atomic E-state index is -0.0728. The number of thiazole rings is 1. The van der Waals surface area contributed by atoms with Crippen molar-refractivity contribution in [1.29, 1.82) is 0 Å². The second kappa shape index (κ2) is 4.90. The van der Waals surface area contributed by atoms with E-state index in [9.17, 15) is 4.79 Å². The monoisotopic (exact) mass is 241 g/mol. The molecule has 2 atom stereocenters. The van der Waals surface area contributed by atoms with Crippen LogP contribution in [0.5, 0.6) is 0 Å². The van der Waals surface area contributed by atoms with Crippen LogP contribution in [-0.2, 0) is 4.74 Å². The first-order valence-electron chi connectivity index (χ1n) is 5.23. The van der Waals surface area contributed by atoms with Crippen molar-refractivity contribution in [3.8, 4) is 0 Å². The van der Waals surface area contributed by atoms with E-state index in [2.05, 4.69) is 4.98 Å². The van der Waals surface area contributed by atoms with Gasteiger partial charge in [-0.1, -0.05) is 0 Å². The number of aromatic nitrogens is 1. The van der Waals surface area contributed by atoms with Crippen LogP contribution in [0, 0.1) is 0 Å². The lowest BCUT2D eigenvalue weighted by molar-refractivity contribution is -0.0301. The summed E-state index contributed by atoms with van der Waals surface area (Å²) in [6, 6.07) is -0.0639. The van der Waals surface area contributed by atoms with Gasteiger partial charge in [0.15, 0.2) is 0 Å². The summed E-state index contributed by atoms with van der Waals surface area (Å²) in [7, 11) is 0.